The Bertz CT molecular complexity index is 423. The first kappa shape index (κ1) is 14.0. The van der Waals surface area contributed by atoms with Gasteiger partial charge in [-0.3, -0.25) is 4.90 Å². The van der Waals surface area contributed by atoms with E-state index in [1.807, 2.05) is 0 Å². The van der Waals surface area contributed by atoms with Crippen LogP contribution in [0.15, 0.2) is 6.20 Å². The zero-order valence-electron chi connectivity index (χ0n) is 11.9. The third-order valence-electron chi connectivity index (χ3n) is 3.55. The number of halogens is 1. The molecule has 19 heavy (non-hydrogen) atoms. The van der Waals surface area contributed by atoms with Crippen LogP contribution < -0.4 is 10.2 Å². The van der Waals surface area contributed by atoms with Crippen molar-refractivity contribution in [1.29, 1.82) is 0 Å². The van der Waals surface area contributed by atoms with Crippen LogP contribution in [-0.2, 0) is 0 Å². The molecule has 2 heterocycles. The molecule has 5 nitrogen and oxygen atoms in total. The van der Waals surface area contributed by atoms with Gasteiger partial charge >= 0.3 is 0 Å². The summed E-state index contributed by atoms with van der Waals surface area (Å²) in [6, 6.07) is 0.529. The lowest BCUT2D eigenvalue weighted by molar-refractivity contribution is 0.277. The Morgan fingerprint density at radius 2 is 2.32 bits per heavy atom. The fourth-order valence-corrected chi connectivity index (χ4v) is 2.51. The molecule has 0 unspecified atom stereocenters. The lowest BCUT2D eigenvalue weighted by Gasteiger charge is -2.23. The highest BCUT2D eigenvalue weighted by molar-refractivity contribution is 5.42. The summed E-state index contributed by atoms with van der Waals surface area (Å²) in [5.74, 6) is 0.413. The smallest absolute Gasteiger partial charge is 0.224 e. The maximum Gasteiger partial charge on any atom is 0.224 e. The Morgan fingerprint density at radius 3 is 3.00 bits per heavy atom. The first-order valence-electron chi connectivity index (χ1n) is 6.79. The van der Waals surface area contributed by atoms with Crippen LogP contribution in [0.3, 0.4) is 0 Å². The number of nitrogens with one attached hydrogen (secondary N) is 1. The topological polar surface area (TPSA) is 44.3 Å². The highest BCUT2D eigenvalue weighted by Gasteiger charge is 2.22. The second kappa shape index (κ2) is 6.14. The van der Waals surface area contributed by atoms with Crippen molar-refractivity contribution in [1.82, 2.24) is 14.9 Å². The van der Waals surface area contributed by atoms with Crippen molar-refractivity contribution < 1.29 is 4.39 Å². The minimum absolute atomic E-state index is 0.316. The molecule has 1 aromatic rings. The summed E-state index contributed by atoms with van der Waals surface area (Å²) in [5.41, 5.74) is 0. The van der Waals surface area contributed by atoms with Crippen LogP contribution in [0.5, 0.6) is 0 Å². The lowest BCUT2D eigenvalue weighted by Crippen LogP contribution is -2.35. The molecule has 1 aliphatic rings. The molecule has 1 aliphatic heterocycles. The number of anilines is 2. The fourth-order valence-electron chi connectivity index (χ4n) is 2.51. The van der Waals surface area contributed by atoms with Gasteiger partial charge in [0.1, 0.15) is 0 Å². The number of rotatable bonds is 5. The number of hydrogen-bond donors (Lipinski definition) is 1. The predicted octanol–water partition coefficient (Wildman–Crippen LogP) is 1.58. The van der Waals surface area contributed by atoms with E-state index in [0.29, 0.717) is 17.8 Å². The Hall–Kier alpha value is -1.43. The van der Waals surface area contributed by atoms with Crippen molar-refractivity contribution in [2.75, 3.05) is 43.9 Å². The van der Waals surface area contributed by atoms with Crippen LogP contribution in [-0.4, -0.2) is 54.6 Å². The molecule has 2 rings (SSSR count). The molecule has 0 aromatic carbocycles. The van der Waals surface area contributed by atoms with E-state index in [4.69, 9.17) is 0 Å². The summed E-state index contributed by atoms with van der Waals surface area (Å²) in [6.45, 7) is 5.22. The van der Waals surface area contributed by atoms with Crippen molar-refractivity contribution in [3.05, 3.63) is 12.0 Å². The summed E-state index contributed by atoms with van der Waals surface area (Å²) in [4.78, 5) is 12.3. The molecule has 1 fully saturated rings. The molecule has 0 amide bonds. The van der Waals surface area contributed by atoms with Crippen LogP contribution in [0.2, 0.25) is 0 Å². The van der Waals surface area contributed by atoms with Gasteiger partial charge in [-0.2, -0.15) is 4.98 Å². The Labute approximate surface area is 113 Å². The molecular formula is C13H22FN5. The second-order valence-electron chi connectivity index (χ2n) is 5.07. The molecular weight excluding hydrogens is 245 g/mol. The van der Waals surface area contributed by atoms with Gasteiger partial charge in [-0.1, -0.05) is 6.92 Å². The zero-order chi connectivity index (χ0) is 13.8. The van der Waals surface area contributed by atoms with Crippen molar-refractivity contribution >= 4 is 11.8 Å². The molecule has 0 aliphatic carbocycles. The quantitative estimate of drug-likeness (QED) is 0.877. The van der Waals surface area contributed by atoms with Gasteiger partial charge in [-0.25, -0.2) is 9.37 Å². The standard InChI is InChI=1S/C13H22FN5/c1-4-19-7-5-6-10(19)8-15-13-16-9-11(14)12(17-13)18(2)3/h9-10H,4-8H2,1-3H3,(H,15,16,17)/t10-/m1/s1. The molecule has 0 radical (unpaired) electrons. The summed E-state index contributed by atoms with van der Waals surface area (Å²) < 4.78 is 13.5. The van der Waals surface area contributed by atoms with E-state index in [0.717, 1.165) is 19.6 Å². The Balaban J connectivity index is 1.98. The van der Waals surface area contributed by atoms with E-state index in [9.17, 15) is 4.39 Å². The number of hydrogen-bond acceptors (Lipinski definition) is 5. The van der Waals surface area contributed by atoms with Crippen molar-refractivity contribution in [3.63, 3.8) is 0 Å². The average Bonchev–Trinajstić information content (AvgIpc) is 2.84. The van der Waals surface area contributed by atoms with E-state index in [-0.39, 0.29) is 0 Å². The Morgan fingerprint density at radius 1 is 1.53 bits per heavy atom. The van der Waals surface area contributed by atoms with Gasteiger partial charge < -0.3 is 10.2 Å². The molecule has 1 atom stereocenters. The molecule has 1 saturated heterocycles. The van der Waals surface area contributed by atoms with Crippen molar-refractivity contribution in [3.8, 4) is 0 Å². The van der Waals surface area contributed by atoms with Crippen molar-refractivity contribution in [2.45, 2.75) is 25.8 Å². The highest BCUT2D eigenvalue weighted by atomic mass is 19.1. The molecule has 1 N–H and O–H groups in total. The average molecular weight is 267 g/mol. The van der Waals surface area contributed by atoms with Gasteiger partial charge in [0.15, 0.2) is 11.6 Å². The Kier molecular flexibility index (Phi) is 4.52. The molecule has 1 aromatic heterocycles. The summed E-state index contributed by atoms with van der Waals surface area (Å²) >= 11 is 0. The first-order chi connectivity index (χ1) is 9.11. The van der Waals surface area contributed by atoms with Crippen LogP contribution in [0, 0.1) is 5.82 Å². The lowest BCUT2D eigenvalue weighted by atomic mass is 10.2. The summed E-state index contributed by atoms with van der Waals surface area (Å²) in [5, 5.41) is 3.22. The van der Waals surface area contributed by atoms with Gasteiger partial charge in [0.05, 0.1) is 6.20 Å². The van der Waals surface area contributed by atoms with E-state index < -0.39 is 5.82 Å². The van der Waals surface area contributed by atoms with Gasteiger partial charge in [-0.05, 0) is 25.9 Å². The number of aromatic nitrogens is 2. The van der Waals surface area contributed by atoms with E-state index in [2.05, 4.69) is 27.1 Å². The normalized spacial score (nSPS) is 19.7. The predicted molar refractivity (Wildman–Crippen MR) is 75.1 cm³/mol. The summed E-state index contributed by atoms with van der Waals surface area (Å²) in [7, 11) is 3.54. The number of likely N-dealkylation sites (N-methyl/N-ethyl adjacent to an activating group) is 1. The molecule has 0 bridgehead atoms. The fraction of sp³-hybridized carbons (Fsp3) is 0.692. The van der Waals surface area contributed by atoms with Crippen molar-refractivity contribution in [2.24, 2.45) is 0 Å². The third kappa shape index (κ3) is 3.32. The van der Waals surface area contributed by atoms with Crippen LogP contribution in [0.25, 0.3) is 0 Å². The minimum Gasteiger partial charge on any atom is -0.360 e. The van der Waals surface area contributed by atoms with E-state index >= 15 is 0 Å². The molecule has 0 saturated carbocycles. The maximum absolute atomic E-state index is 13.5. The minimum atomic E-state index is -0.397. The maximum atomic E-state index is 13.5. The number of likely N-dealkylation sites (tertiary alicyclic amines) is 1. The van der Waals surface area contributed by atoms with Crippen LogP contribution >= 0.6 is 0 Å². The van der Waals surface area contributed by atoms with Gasteiger partial charge in [0.2, 0.25) is 5.95 Å². The first-order valence-corrected chi connectivity index (χ1v) is 6.79. The highest BCUT2D eigenvalue weighted by Crippen LogP contribution is 2.18. The van der Waals surface area contributed by atoms with Crippen LogP contribution in [0.1, 0.15) is 19.8 Å². The van der Waals surface area contributed by atoms with E-state index in [1.54, 1.807) is 19.0 Å². The largest absolute Gasteiger partial charge is 0.360 e. The third-order valence-corrected chi connectivity index (χ3v) is 3.55. The molecule has 6 heteroatoms. The zero-order valence-corrected chi connectivity index (χ0v) is 11.9. The molecule has 0 spiro atoms. The summed E-state index contributed by atoms with van der Waals surface area (Å²) in [6.07, 6.45) is 3.66. The van der Waals surface area contributed by atoms with Crippen LogP contribution in [0.4, 0.5) is 16.2 Å². The van der Waals surface area contributed by atoms with Gasteiger partial charge in [-0.15, -0.1) is 0 Å². The van der Waals surface area contributed by atoms with Gasteiger partial charge in [0.25, 0.3) is 0 Å². The SMILES string of the molecule is CCN1CCC[C@@H]1CNc1ncc(F)c(N(C)C)n1. The van der Waals surface area contributed by atoms with Gasteiger partial charge in [0, 0.05) is 26.7 Å². The molecule has 106 valence electrons. The van der Waals surface area contributed by atoms with E-state index in [1.165, 1.54) is 19.0 Å². The second-order valence-corrected chi connectivity index (χ2v) is 5.07. The monoisotopic (exact) mass is 267 g/mol. The number of nitrogens with zero attached hydrogens (tertiary/aromatic N) is 4.